The van der Waals surface area contributed by atoms with Crippen LogP contribution >= 0.6 is 11.6 Å². The summed E-state index contributed by atoms with van der Waals surface area (Å²) >= 11 is 5.44. The Labute approximate surface area is 106 Å². The minimum atomic E-state index is -0.282. The first-order valence-electron chi connectivity index (χ1n) is 5.41. The van der Waals surface area contributed by atoms with Crippen LogP contribution in [0.1, 0.15) is 11.1 Å². The van der Waals surface area contributed by atoms with Crippen molar-refractivity contribution in [2.75, 3.05) is 19.2 Å². The van der Waals surface area contributed by atoms with E-state index in [0.29, 0.717) is 12.4 Å². The molecule has 0 fully saturated rings. The number of benzene rings is 1. The molecule has 0 radical (unpaired) electrons. The third kappa shape index (κ3) is 4.95. The normalized spacial score (nSPS) is 9.82. The van der Waals surface area contributed by atoms with Crippen LogP contribution in [0, 0.1) is 13.8 Å². The third-order valence-corrected chi connectivity index (χ3v) is 2.36. The van der Waals surface area contributed by atoms with Crippen LogP contribution in [0.5, 0.6) is 5.75 Å². The molecule has 0 aliphatic rings. The average molecular weight is 257 g/mol. The van der Waals surface area contributed by atoms with Crippen LogP contribution in [-0.4, -0.2) is 25.2 Å². The second kappa shape index (κ2) is 7.01. The van der Waals surface area contributed by atoms with Crippen molar-refractivity contribution < 1.29 is 9.53 Å². The number of ether oxygens (including phenoxy) is 1. The predicted molar refractivity (Wildman–Crippen MR) is 68.7 cm³/mol. The van der Waals surface area contributed by atoms with Gasteiger partial charge in [-0.1, -0.05) is 17.7 Å². The molecule has 0 aromatic heterocycles. The Morgan fingerprint density at radius 2 is 2.12 bits per heavy atom. The number of hydrogen-bond acceptors (Lipinski definition) is 2. The number of hydrogen-bond donors (Lipinski definition) is 2. The van der Waals surface area contributed by atoms with Gasteiger partial charge in [-0.2, -0.15) is 0 Å². The summed E-state index contributed by atoms with van der Waals surface area (Å²) < 4.78 is 5.44. The number of urea groups is 1. The van der Waals surface area contributed by atoms with E-state index in [1.165, 1.54) is 5.56 Å². The summed E-state index contributed by atoms with van der Waals surface area (Å²) in [5.41, 5.74) is 2.23. The topological polar surface area (TPSA) is 50.4 Å². The number of alkyl halides is 1. The zero-order chi connectivity index (χ0) is 12.7. The number of amides is 2. The SMILES string of the molecule is Cc1ccc(OCNC(=O)NCCCl)c(C)c1. The van der Waals surface area contributed by atoms with E-state index in [1.54, 1.807) is 0 Å². The summed E-state index contributed by atoms with van der Waals surface area (Å²) in [5, 5.41) is 5.16. The Morgan fingerprint density at radius 1 is 1.35 bits per heavy atom. The minimum Gasteiger partial charge on any atom is -0.473 e. The zero-order valence-electron chi connectivity index (χ0n) is 10.0. The lowest BCUT2D eigenvalue weighted by atomic mass is 10.1. The summed E-state index contributed by atoms with van der Waals surface area (Å²) in [6.45, 7) is 4.57. The van der Waals surface area contributed by atoms with Gasteiger partial charge in [0.25, 0.3) is 0 Å². The smallest absolute Gasteiger partial charge is 0.317 e. The fourth-order valence-electron chi connectivity index (χ4n) is 1.36. The molecule has 2 amide bonds. The van der Waals surface area contributed by atoms with E-state index < -0.39 is 0 Å². The van der Waals surface area contributed by atoms with Crippen molar-refractivity contribution >= 4 is 17.6 Å². The molecule has 0 unspecified atom stereocenters. The maximum atomic E-state index is 11.2. The van der Waals surface area contributed by atoms with Crippen LogP contribution in [-0.2, 0) is 0 Å². The number of rotatable bonds is 5. The van der Waals surface area contributed by atoms with E-state index in [2.05, 4.69) is 10.6 Å². The van der Waals surface area contributed by atoms with Crippen molar-refractivity contribution in [3.05, 3.63) is 29.3 Å². The van der Waals surface area contributed by atoms with Crippen LogP contribution in [0.25, 0.3) is 0 Å². The first-order valence-corrected chi connectivity index (χ1v) is 5.94. The maximum Gasteiger partial charge on any atom is 0.317 e. The molecule has 94 valence electrons. The first-order chi connectivity index (χ1) is 8.13. The third-order valence-electron chi connectivity index (χ3n) is 2.17. The van der Waals surface area contributed by atoms with Crippen molar-refractivity contribution in [3.8, 4) is 5.75 Å². The highest BCUT2D eigenvalue weighted by molar-refractivity contribution is 6.18. The summed E-state index contributed by atoms with van der Waals surface area (Å²) in [7, 11) is 0. The Kier molecular flexibility index (Phi) is 5.63. The zero-order valence-corrected chi connectivity index (χ0v) is 10.8. The molecule has 1 rings (SSSR count). The van der Waals surface area contributed by atoms with Crippen molar-refractivity contribution in [3.63, 3.8) is 0 Å². The molecule has 1 aromatic rings. The average Bonchev–Trinajstić information content (AvgIpc) is 2.29. The molecular formula is C12H17ClN2O2. The van der Waals surface area contributed by atoms with Gasteiger partial charge in [-0.05, 0) is 25.5 Å². The molecule has 0 saturated heterocycles. The highest BCUT2D eigenvalue weighted by atomic mass is 35.5. The summed E-state index contributed by atoms with van der Waals surface area (Å²) in [4.78, 5) is 11.2. The number of carbonyl (C=O) groups excluding carboxylic acids is 1. The summed E-state index contributed by atoms with van der Waals surface area (Å²) in [5.74, 6) is 1.17. The lowest BCUT2D eigenvalue weighted by Gasteiger charge is -2.11. The number of nitrogens with one attached hydrogen (secondary N) is 2. The fourth-order valence-corrected chi connectivity index (χ4v) is 1.46. The predicted octanol–water partition coefficient (Wildman–Crippen LogP) is 2.18. The maximum absolute atomic E-state index is 11.2. The van der Waals surface area contributed by atoms with Gasteiger partial charge in [0.05, 0.1) is 0 Å². The number of halogens is 1. The lowest BCUT2D eigenvalue weighted by Crippen LogP contribution is -2.38. The second-order valence-electron chi connectivity index (χ2n) is 3.68. The van der Waals surface area contributed by atoms with Crippen LogP contribution in [0.2, 0.25) is 0 Å². The van der Waals surface area contributed by atoms with Gasteiger partial charge in [0.2, 0.25) is 0 Å². The highest BCUT2D eigenvalue weighted by Crippen LogP contribution is 2.17. The van der Waals surface area contributed by atoms with E-state index in [4.69, 9.17) is 16.3 Å². The molecule has 0 saturated carbocycles. The van der Waals surface area contributed by atoms with Crippen LogP contribution in [0.15, 0.2) is 18.2 Å². The van der Waals surface area contributed by atoms with Gasteiger partial charge >= 0.3 is 6.03 Å². The monoisotopic (exact) mass is 256 g/mol. The molecule has 0 bridgehead atoms. The molecular weight excluding hydrogens is 240 g/mol. The van der Waals surface area contributed by atoms with Crippen molar-refractivity contribution in [1.82, 2.24) is 10.6 Å². The van der Waals surface area contributed by atoms with Gasteiger partial charge in [0.1, 0.15) is 5.75 Å². The van der Waals surface area contributed by atoms with Gasteiger partial charge < -0.3 is 15.4 Å². The standard InChI is InChI=1S/C12H17ClN2O2/c1-9-3-4-11(10(2)7-9)17-8-15-12(16)14-6-5-13/h3-4,7H,5-6,8H2,1-2H3,(H2,14,15,16). The van der Waals surface area contributed by atoms with Crippen molar-refractivity contribution in [2.45, 2.75) is 13.8 Å². The first kappa shape index (κ1) is 13.6. The van der Waals surface area contributed by atoms with Gasteiger partial charge in [-0.3, -0.25) is 0 Å². The molecule has 4 nitrogen and oxygen atoms in total. The molecule has 5 heteroatoms. The van der Waals surface area contributed by atoms with E-state index in [0.717, 1.165) is 11.3 Å². The van der Waals surface area contributed by atoms with Crippen LogP contribution < -0.4 is 15.4 Å². The minimum absolute atomic E-state index is 0.137. The fraction of sp³-hybridized carbons (Fsp3) is 0.417. The van der Waals surface area contributed by atoms with Gasteiger partial charge in [0, 0.05) is 12.4 Å². The van der Waals surface area contributed by atoms with Gasteiger partial charge in [-0.15, -0.1) is 11.6 Å². The summed E-state index contributed by atoms with van der Waals surface area (Å²) in [6, 6.07) is 5.61. The van der Waals surface area contributed by atoms with Crippen molar-refractivity contribution in [1.29, 1.82) is 0 Å². The van der Waals surface area contributed by atoms with E-state index >= 15 is 0 Å². The number of aryl methyl sites for hydroxylation is 2. The number of carbonyl (C=O) groups is 1. The Morgan fingerprint density at radius 3 is 2.76 bits per heavy atom. The van der Waals surface area contributed by atoms with E-state index in [1.807, 2.05) is 32.0 Å². The molecule has 1 aromatic carbocycles. The van der Waals surface area contributed by atoms with Crippen LogP contribution in [0.3, 0.4) is 0 Å². The highest BCUT2D eigenvalue weighted by Gasteiger charge is 2.01. The Bertz CT molecular complexity index is 383. The quantitative estimate of drug-likeness (QED) is 0.627. The molecule has 0 spiro atoms. The Balaban J connectivity index is 2.33. The molecule has 0 aliphatic heterocycles. The second-order valence-corrected chi connectivity index (χ2v) is 4.06. The van der Waals surface area contributed by atoms with Gasteiger partial charge in [-0.25, -0.2) is 4.79 Å². The van der Waals surface area contributed by atoms with Gasteiger partial charge in [0.15, 0.2) is 6.73 Å². The van der Waals surface area contributed by atoms with E-state index in [9.17, 15) is 4.79 Å². The molecule has 0 atom stereocenters. The summed E-state index contributed by atoms with van der Waals surface area (Å²) in [6.07, 6.45) is 0. The Hall–Kier alpha value is -1.42. The van der Waals surface area contributed by atoms with Crippen molar-refractivity contribution in [2.24, 2.45) is 0 Å². The molecule has 2 N–H and O–H groups in total. The largest absolute Gasteiger partial charge is 0.473 e. The molecule has 0 aliphatic carbocycles. The van der Waals surface area contributed by atoms with E-state index in [-0.39, 0.29) is 12.8 Å². The van der Waals surface area contributed by atoms with Crippen LogP contribution in [0.4, 0.5) is 4.79 Å². The lowest BCUT2D eigenvalue weighted by molar-refractivity contribution is 0.224. The molecule has 17 heavy (non-hydrogen) atoms. The molecule has 0 heterocycles.